The highest BCUT2D eigenvalue weighted by molar-refractivity contribution is 5.68. The Hall–Kier alpha value is -2.51. The molecule has 1 aliphatic rings. The molecule has 0 aromatic heterocycles. The predicted octanol–water partition coefficient (Wildman–Crippen LogP) is 2.71. The quantitative estimate of drug-likeness (QED) is 0.670. The summed E-state index contributed by atoms with van der Waals surface area (Å²) in [5.74, 6) is 0.223. The van der Waals surface area contributed by atoms with Crippen LogP contribution >= 0.6 is 0 Å². The smallest absolute Gasteiger partial charge is 0.407 e. The normalized spacial score (nSPS) is 17.5. The third-order valence-electron chi connectivity index (χ3n) is 3.63. The standard InChI is InChI=1S/C16H23N3O5/c1-16(2,3)24-15(20)17-11-7-8-18(10-11)12-5-6-13(19(21)22)14(9-12)23-4/h5-6,9,11H,7-8,10H2,1-4H3,(H,17,20). The molecule has 2 rings (SSSR count). The first-order chi connectivity index (χ1) is 11.2. The topological polar surface area (TPSA) is 93.9 Å². The van der Waals surface area contributed by atoms with Gasteiger partial charge in [0.1, 0.15) is 5.60 Å². The van der Waals surface area contributed by atoms with Crippen LogP contribution in [0.3, 0.4) is 0 Å². The number of rotatable bonds is 4. The molecule has 8 heteroatoms. The second-order valence-electron chi connectivity index (χ2n) is 6.69. The maximum atomic E-state index is 11.8. The van der Waals surface area contributed by atoms with E-state index in [1.54, 1.807) is 12.1 Å². The summed E-state index contributed by atoms with van der Waals surface area (Å²) < 4.78 is 10.4. The summed E-state index contributed by atoms with van der Waals surface area (Å²) in [5.41, 5.74) is 0.225. The molecule has 132 valence electrons. The zero-order valence-electron chi connectivity index (χ0n) is 14.4. The van der Waals surface area contributed by atoms with E-state index < -0.39 is 16.6 Å². The summed E-state index contributed by atoms with van der Waals surface area (Å²) in [5, 5.41) is 13.8. The van der Waals surface area contributed by atoms with Crippen molar-refractivity contribution in [3.05, 3.63) is 28.3 Å². The highest BCUT2D eigenvalue weighted by atomic mass is 16.6. The molecule has 1 amide bonds. The van der Waals surface area contributed by atoms with Crippen molar-refractivity contribution in [1.29, 1.82) is 0 Å². The van der Waals surface area contributed by atoms with Crippen molar-refractivity contribution in [2.45, 2.75) is 38.8 Å². The number of methoxy groups -OCH3 is 1. The predicted molar refractivity (Wildman–Crippen MR) is 89.6 cm³/mol. The van der Waals surface area contributed by atoms with Gasteiger partial charge in [0.2, 0.25) is 0 Å². The van der Waals surface area contributed by atoms with Gasteiger partial charge in [-0.2, -0.15) is 0 Å². The minimum absolute atomic E-state index is 0.0268. The van der Waals surface area contributed by atoms with Crippen LogP contribution in [-0.2, 0) is 4.74 Å². The zero-order valence-corrected chi connectivity index (χ0v) is 14.4. The van der Waals surface area contributed by atoms with Crippen LogP contribution in [-0.4, -0.2) is 42.9 Å². The lowest BCUT2D eigenvalue weighted by Crippen LogP contribution is -2.40. The molecule has 1 atom stereocenters. The molecule has 0 spiro atoms. The third-order valence-corrected chi connectivity index (χ3v) is 3.63. The Morgan fingerprint density at radius 1 is 1.42 bits per heavy atom. The zero-order chi connectivity index (χ0) is 17.9. The summed E-state index contributed by atoms with van der Waals surface area (Å²) in [6.07, 6.45) is 0.342. The van der Waals surface area contributed by atoms with Crippen molar-refractivity contribution < 1.29 is 19.2 Å². The van der Waals surface area contributed by atoms with E-state index in [-0.39, 0.29) is 17.5 Å². The molecule has 1 saturated heterocycles. The Balaban J connectivity index is 2.00. The molecule has 1 fully saturated rings. The number of anilines is 1. The number of hydrogen-bond donors (Lipinski definition) is 1. The van der Waals surface area contributed by atoms with Crippen molar-refractivity contribution >= 4 is 17.5 Å². The Morgan fingerprint density at radius 3 is 2.71 bits per heavy atom. The maximum Gasteiger partial charge on any atom is 0.407 e. The highest BCUT2D eigenvalue weighted by Gasteiger charge is 2.27. The molecule has 24 heavy (non-hydrogen) atoms. The van der Waals surface area contributed by atoms with E-state index in [1.165, 1.54) is 13.2 Å². The highest BCUT2D eigenvalue weighted by Crippen LogP contribution is 2.32. The number of carbonyl (C=O) groups is 1. The van der Waals surface area contributed by atoms with E-state index in [1.807, 2.05) is 25.7 Å². The number of benzene rings is 1. The number of nitro groups is 1. The molecule has 8 nitrogen and oxygen atoms in total. The fourth-order valence-electron chi connectivity index (χ4n) is 2.60. The molecule has 1 aromatic carbocycles. The van der Waals surface area contributed by atoms with Gasteiger partial charge in [0.15, 0.2) is 5.75 Å². The molecule has 1 aromatic rings. The molecule has 0 aliphatic carbocycles. The summed E-state index contributed by atoms with van der Waals surface area (Å²) in [7, 11) is 1.41. The second-order valence-corrected chi connectivity index (χ2v) is 6.69. The van der Waals surface area contributed by atoms with Gasteiger partial charge in [0.25, 0.3) is 0 Å². The van der Waals surface area contributed by atoms with Gasteiger partial charge in [0, 0.05) is 30.9 Å². The van der Waals surface area contributed by atoms with Crippen LogP contribution in [0.4, 0.5) is 16.2 Å². The minimum Gasteiger partial charge on any atom is -0.490 e. The lowest BCUT2D eigenvalue weighted by atomic mass is 10.2. The van der Waals surface area contributed by atoms with Gasteiger partial charge in [-0.25, -0.2) is 4.79 Å². The molecule has 0 saturated carbocycles. The van der Waals surface area contributed by atoms with Gasteiger partial charge in [0.05, 0.1) is 18.1 Å². The van der Waals surface area contributed by atoms with Crippen LogP contribution in [0.5, 0.6) is 5.75 Å². The molecule has 1 aliphatic heterocycles. The summed E-state index contributed by atoms with van der Waals surface area (Å²) in [6.45, 7) is 6.80. The number of carbonyl (C=O) groups excluding carboxylic acids is 1. The minimum atomic E-state index is -0.534. The van der Waals surface area contributed by atoms with Crippen LogP contribution in [0, 0.1) is 10.1 Å². The first kappa shape index (κ1) is 17.8. The lowest BCUT2D eigenvalue weighted by molar-refractivity contribution is -0.385. The van der Waals surface area contributed by atoms with Crippen LogP contribution in [0.2, 0.25) is 0 Å². The Labute approximate surface area is 140 Å². The Bertz CT molecular complexity index is 627. The van der Waals surface area contributed by atoms with E-state index >= 15 is 0 Å². The van der Waals surface area contributed by atoms with Gasteiger partial charge in [-0.1, -0.05) is 0 Å². The molecule has 1 N–H and O–H groups in total. The van der Waals surface area contributed by atoms with Crippen molar-refractivity contribution in [1.82, 2.24) is 5.32 Å². The number of amides is 1. The van der Waals surface area contributed by atoms with E-state index in [0.29, 0.717) is 6.54 Å². The van der Waals surface area contributed by atoms with Gasteiger partial charge in [-0.3, -0.25) is 10.1 Å². The molecule has 0 bridgehead atoms. The van der Waals surface area contributed by atoms with Gasteiger partial charge >= 0.3 is 11.8 Å². The van der Waals surface area contributed by atoms with E-state index in [2.05, 4.69) is 5.32 Å². The molecular formula is C16H23N3O5. The SMILES string of the molecule is COc1cc(N2CCC(NC(=O)OC(C)(C)C)C2)ccc1[N+](=O)[O-]. The summed E-state index contributed by atoms with van der Waals surface area (Å²) in [4.78, 5) is 24.4. The molecule has 1 unspecified atom stereocenters. The van der Waals surface area contributed by atoms with Gasteiger partial charge < -0.3 is 19.7 Å². The molecule has 1 heterocycles. The summed E-state index contributed by atoms with van der Waals surface area (Å²) >= 11 is 0. The average molecular weight is 337 g/mol. The van der Waals surface area contributed by atoms with Crippen molar-refractivity contribution in [3.63, 3.8) is 0 Å². The van der Waals surface area contributed by atoms with Crippen LogP contribution in [0.1, 0.15) is 27.2 Å². The lowest BCUT2D eigenvalue weighted by Gasteiger charge is -2.22. The number of alkyl carbamates (subject to hydrolysis) is 1. The average Bonchev–Trinajstić information content (AvgIpc) is 2.92. The second kappa shape index (κ2) is 6.94. The fraction of sp³-hybridized carbons (Fsp3) is 0.562. The number of nitro benzene ring substituents is 1. The van der Waals surface area contributed by atoms with Crippen LogP contribution < -0.4 is 15.0 Å². The number of nitrogens with zero attached hydrogens (tertiary/aromatic N) is 2. The first-order valence-corrected chi connectivity index (χ1v) is 7.76. The molecular weight excluding hydrogens is 314 g/mol. The third kappa shape index (κ3) is 4.50. The number of ether oxygens (including phenoxy) is 2. The van der Waals surface area contributed by atoms with E-state index in [0.717, 1.165) is 18.7 Å². The largest absolute Gasteiger partial charge is 0.490 e. The monoisotopic (exact) mass is 337 g/mol. The number of hydrogen-bond acceptors (Lipinski definition) is 6. The van der Waals surface area contributed by atoms with Crippen LogP contribution in [0.15, 0.2) is 18.2 Å². The van der Waals surface area contributed by atoms with Crippen molar-refractivity contribution in [2.75, 3.05) is 25.1 Å². The number of nitrogens with one attached hydrogen (secondary N) is 1. The van der Waals surface area contributed by atoms with Gasteiger partial charge in [-0.15, -0.1) is 0 Å². The molecule has 0 radical (unpaired) electrons. The van der Waals surface area contributed by atoms with Crippen molar-refractivity contribution in [3.8, 4) is 5.75 Å². The van der Waals surface area contributed by atoms with Crippen molar-refractivity contribution in [2.24, 2.45) is 0 Å². The van der Waals surface area contributed by atoms with E-state index in [9.17, 15) is 14.9 Å². The first-order valence-electron chi connectivity index (χ1n) is 7.76. The van der Waals surface area contributed by atoms with E-state index in [4.69, 9.17) is 9.47 Å². The van der Waals surface area contributed by atoms with Gasteiger partial charge in [-0.05, 0) is 33.3 Å². The van der Waals surface area contributed by atoms with Crippen LogP contribution in [0.25, 0.3) is 0 Å². The summed E-state index contributed by atoms with van der Waals surface area (Å²) in [6, 6.07) is 4.74. The Morgan fingerprint density at radius 2 is 2.12 bits per heavy atom. The Kier molecular flexibility index (Phi) is 5.16. The maximum absolute atomic E-state index is 11.8. The fourth-order valence-corrected chi connectivity index (χ4v) is 2.60.